The van der Waals surface area contributed by atoms with Crippen LogP contribution in [0, 0.1) is 6.92 Å². The van der Waals surface area contributed by atoms with Gasteiger partial charge in [0.05, 0.1) is 18.4 Å². The van der Waals surface area contributed by atoms with Crippen molar-refractivity contribution in [2.24, 2.45) is 0 Å². The van der Waals surface area contributed by atoms with E-state index < -0.39 is 0 Å². The van der Waals surface area contributed by atoms with Crippen LogP contribution in [-0.4, -0.2) is 25.9 Å². The molecule has 0 aliphatic heterocycles. The van der Waals surface area contributed by atoms with Crippen LogP contribution in [0.5, 0.6) is 0 Å². The van der Waals surface area contributed by atoms with Gasteiger partial charge in [0.2, 0.25) is 11.8 Å². The van der Waals surface area contributed by atoms with E-state index in [1.807, 2.05) is 25.3 Å². The van der Waals surface area contributed by atoms with Gasteiger partial charge in [-0.1, -0.05) is 0 Å². The van der Waals surface area contributed by atoms with Crippen molar-refractivity contribution < 1.29 is 9.21 Å². The highest BCUT2D eigenvalue weighted by molar-refractivity contribution is 5.94. The highest BCUT2D eigenvalue weighted by Gasteiger charge is 2.29. The summed E-state index contributed by atoms with van der Waals surface area (Å²) in [6, 6.07) is 7.26. The molecule has 2 heterocycles. The van der Waals surface area contributed by atoms with Crippen LogP contribution < -0.4 is 5.32 Å². The lowest BCUT2D eigenvalue weighted by molar-refractivity contribution is 0.0947. The van der Waals surface area contributed by atoms with Gasteiger partial charge >= 0.3 is 0 Å². The third kappa shape index (κ3) is 3.05. The Bertz CT molecular complexity index is 861. The molecule has 0 radical (unpaired) electrons. The lowest BCUT2D eigenvalue weighted by Crippen LogP contribution is -2.22. The molecule has 1 N–H and O–H groups in total. The molecule has 3 aromatic rings. The normalized spacial score (nSPS) is 13.9. The SMILES string of the molecule is Cc1cnn(-c2ccc(C(=O)NCc3nnc(C4CC4)o3)cc2)c1. The fraction of sp³-hybridized carbons (Fsp3) is 0.294. The minimum atomic E-state index is -0.177. The Morgan fingerprint density at radius 1 is 1.29 bits per heavy atom. The summed E-state index contributed by atoms with van der Waals surface area (Å²) in [5.74, 6) is 1.36. The van der Waals surface area contributed by atoms with Gasteiger partial charge in [0.25, 0.3) is 5.91 Å². The summed E-state index contributed by atoms with van der Waals surface area (Å²) in [5, 5.41) is 15.0. The van der Waals surface area contributed by atoms with E-state index in [0.717, 1.165) is 24.1 Å². The third-order valence-electron chi connectivity index (χ3n) is 3.91. The van der Waals surface area contributed by atoms with E-state index >= 15 is 0 Å². The predicted molar refractivity (Wildman–Crippen MR) is 85.7 cm³/mol. The maximum absolute atomic E-state index is 12.2. The van der Waals surface area contributed by atoms with Crippen molar-refractivity contribution in [3.63, 3.8) is 0 Å². The molecule has 0 bridgehead atoms. The number of aromatic nitrogens is 4. The molecule has 1 saturated carbocycles. The summed E-state index contributed by atoms with van der Waals surface area (Å²) < 4.78 is 7.30. The molecule has 1 amide bonds. The number of hydrogen-bond donors (Lipinski definition) is 1. The second kappa shape index (κ2) is 5.92. The molecule has 0 saturated heterocycles. The third-order valence-corrected chi connectivity index (χ3v) is 3.91. The molecule has 1 aliphatic carbocycles. The summed E-state index contributed by atoms with van der Waals surface area (Å²) in [5.41, 5.74) is 2.57. The summed E-state index contributed by atoms with van der Waals surface area (Å²) in [6.45, 7) is 2.22. The number of rotatable bonds is 5. The van der Waals surface area contributed by atoms with E-state index in [9.17, 15) is 4.79 Å². The Balaban J connectivity index is 1.38. The molecule has 0 unspecified atom stereocenters. The zero-order valence-electron chi connectivity index (χ0n) is 13.3. The van der Waals surface area contributed by atoms with Gasteiger partial charge < -0.3 is 9.73 Å². The molecule has 1 fully saturated rings. The zero-order chi connectivity index (χ0) is 16.5. The first-order valence-corrected chi connectivity index (χ1v) is 7.91. The van der Waals surface area contributed by atoms with Crippen molar-refractivity contribution >= 4 is 5.91 Å². The summed E-state index contributed by atoms with van der Waals surface area (Å²) >= 11 is 0. The van der Waals surface area contributed by atoms with Gasteiger partial charge in [0.1, 0.15) is 0 Å². The van der Waals surface area contributed by atoms with Crippen LogP contribution in [-0.2, 0) is 6.54 Å². The number of amides is 1. The van der Waals surface area contributed by atoms with Crippen molar-refractivity contribution in [1.82, 2.24) is 25.3 Å². The van der Waals surface area contributed by atoms with Gasteiger partial charge in [-0.2, -0.15) is 5.10 Å². The van der Waals surface area contributed by atoms with Crippen molar-refractivity contribution in [2.75, 3.05) is 0 Å². The van der Waals surface area contributed by atoms with Gasteiger partial charge in [0, 0.05) is 17.7 Å². The highest BCUT2D eigenvalue weighted by Crippen LogP contribution is 2.38. The fourth-order valence-electron chi connectivity index (χ4n) is 2.41. The van der Waals surface area contributed by atoms with Crippen LogP contribution >= 0.6 is 0 Å². The number of carbonyl (C=O) groups excluding carboxylic acids is 1. The Labute approximate surface area is 138 Å². The predicted octanol–water partition coefficient (Wildman–Crippen LogP) is 2.37. The van der Waals surface area contributed by atoms with Crippen LogP contribution in [0.4, 0.5) is 0 Å². The molecule has 1 aromatic carbocycles. The molecule has 0 atom stereocenters. The van der Waals surface area contributed by atoms with E-state index in [1.165, 1.54) is 0 Å². The zero-order valence-corrected chi connectivity index (χ0v) is 13.3. The molecule has 2 aromatic heterocycles. The van der Waals surface area contributed by atoms with E-state index in [0.29, 0.717) is 23.3 Å². The first-order chi connectivity index (χ1) is 11.7. The highest BCUT2D eigenvalue weighted by atomic mass is 16.4. The van der Waals surface area contributed by atoms with Crippen molar-refractivity contribution in [3.05, 3.63) is 59.6 Å². The fourth-order valence-corrected chi connectivity index (χ4v) is 2.41. The van der Waals surface area contributed by atoms with E-state index in [-0.39, 0.29) is 12.5 Å². The molecular formula is C17H17N5O2. The Kier molecular flexibility index (Phi) is 3.60. The number of aryl methyl sites for hydroxylation is 1. The molecule has 7 nitrogen and oxygen atoms in total. The molecular weight excluding hydrogens is 306 g/mol. The van der Waals surface area contributed by atoms with Gasteiger partial charge in [-0.3, -0.25) is 4.79 Å². The van der Waals surface area contributed by atoms with Crippen LogP contribution in [0.15, 0.2) is 41.1 Å². The maximum Gasteiger partial charge on any atom is 0.251 e. The number of hydrogen-bond acceptors (Lipinski definition) is 5. The van der Waals surface area contributed by atoms with E-state index in [1.54, 1.807) is 23.0 Å². The van der Waals surface area contributed by atoms with Crippen molar-refractivity contribution in [1.29, 1.82) is 0 Å². The average molecular weight is 323 g/mol. The number of benzene rings is 1. The molecule has 0 spiro atoms. The monoisotopic (exact) mass is 323 g/mol. The second-order valence-corrected chi connectivity index (χ2v) is 6.00. The molecule has 24 heavy (non-hydrogen) atoms. The van der Waals surface area contributed by atoms with Crippen LogP contribution in [0.25, 0.3) is 5.69 Å². The largest absolute Gasteiger partial charge is 0.423 e. The van der Waals surface area contributed by atoms with Gasteiger partial charge in [0.15, 0.2) is 0 Å². The second-order valence-electron chi connectivity index (χ2n) is 6.00. The van der Waals surface area contributed by atoms with Gasteiger partial charge in [-0.25, -0.2) is 4.68 Å². The summed E-state index contributed by atoms with van der Waals surface area (Å²) in [4.78, 5) is 12.2. The van der Waals surface area contributed by atoms with Crippen molar-refractivity contribution in [3.8, 4) is 5.69 Å². The molecule has 1 aliphatic rings. The standard InChI is InChI=1S/C17H17N5O2/c1-11-8-19-22(10-11)14-6-4-12(5-7-14)16(23)18-9-15-20-21-17(24-15)13-2-3-13/h4-8,10,13H,2-3,9H2,1H3,(H,18,23). The number of nitrogens with one attached hydrogen (secondary N) is 1. The topological polar surface area (TPSA) is 85.8 Å². The first kappa shape index (κ1) is 14.6. The van der Waals surface area contributed by atoms with Gasteiger partial charge in [-0.15, -0.1) is 10.2 Å². The molecule has 7 heteroatoms. The summed E-state index contributed by atoms with van der Waals surface area (Å²) in [6.07, 6.45) is 5.94. The quantitative estimate of drug-likeness (QED) is 0.779. The van der Waals surface area contributed by atoms with Crippen LogP contribution in [0.3, 0.4) is 0 Å². The van der Waals surface area contributed by atoms with Crippen molar-refractivity contribution in [2.45, 2.75) is 32.2 Å². The Morgan fingerprint density at radius 2 is 2.08 bits per heavy atom. The number of nitrogens with zero attached hydrogens (tertiary/aromatic N) is 4. The summed E-state index contributed by atoms with van der Waals surface area (Å²) in [7, 11) is 0. The maximum atomic E-state index is 12.2. The Hall–Kier alpha value is -2.96. The minimum Gasteiger partial charge on any atom is -0.423 e. The Morgan fingerprint density at radius 3 is 2.75 bits per heavy atom. The first-order valence-electron chi connectivity index (χ1n) is 7.91. The minimum absolute atomic E-state index is 0.177. The van der Waals surface area contributed by atoms with Crippen LogP contribution in [0.2, 0.25) is 0 Å². The van der Waals surface area contributed by atoms with Gasteiger partial charge in [-0.05, 0) is 49.6 Å². The lowest BCUT2D eigenvalue weighted by Gasteiger charge is -2.05. The van der Waals surface area contributed by atoms with E-state index in [4.69, 9.17) is 4.42 Å². The lowest BCUT2D eigenvalue weighted by atomic mass is 10.2. The molecule has 122 valence electrons. The number of carbonyl (C=O) groups is 1. The van der Waals surface area contributed by atoms with E-state index in [2.05, 4.69) is 20.6 Å². The van der Waals surface area contributed by atoms with Crippen LogP contribution in [0.1, 0.15) is 46.5 Å². The smallest absolute Gasteiger partial charge is 0.251 e. The average Bonchev–Trinajstić information content (AvgIpc) is 3.19. The molecule has 4 rings (SSSR count).